The van der Waals surface area contributed by atoms with E-state index in [0.29, 0.717) is 10.8 Å². The summed E-state index contributed by atoms with van der Waals surface area (Å²) in [5, 5.41) is 0.679. The third-order valence-corrected chi connectivity index (χ3v) is 3.42. The topological polar surface area (TPSA) is 35.0 Å². The highest BCUT2D eigenvalue weighted by Crippen LogP contribution is 2.34. The normalized spacial score (nSPS) is 10.4. The predicted molar refractivity (Wildman–Crippen MR) is 84.0 cm³/mol. The Morgan fingerprint density at radius 2 is 1.57 bits per heavy atom. The third kappa shape index (κ3) is 3.15. The Balaban J connectivity index is 1.90. The lowest BCUT2D eigenvalue weighted by atomic mass is 10.1. The van der Waals surface area contributed by atoms with Crippen LogP contribution in [0.5, 0.6) is 11.6 Å². The van der Waals surface area contributed by atoms with Crippen LogP contribution in [0, 0.1) is 0 Å². The van der Waals surface area contributed by atoms with E-state index in [1.54, 1.807) is 6.07 Å². The van der Waals surface area contributed by atoms with E-state index in [2.05, 4.69) is 9.97 Å². The lowest BCUT2D eigenvalue weighted by Gasteiger charge is -2.09. The number of benzene rings is 2. The molecule has 5 heteroatoms. The number of hydrogen-bond acceptors (Lipinski definition) is 3. The SMILES string of the molecule is Clc1cc(-c2ccccc2)ccc1Oc1nccnc1Cl. The molecule has 0 aliphatic carbocycles. The average molecular weight is 317 g/mol. The van der Waals surface area contributed by atoms with Crippen molar-refractivity contribution in [2.24, 2.45) is 0 Å². The summed E-state index contributed by atoms with van der Waals surface area (Å²) in [4.78, 5) is 7.92. The van der Waals surface area contributed by atoms with Gasteiger partial charge in [0.1, 0.15) is 5.75 Å². The Hall–Kier alpha value is -2.10. The maximum atomic E-state index is 6.27. The van der Waals surface area contributed by atoms with Crippen LogP contribution < -0.4 is 4.74 Å². The zero-order valence-corrected chi connectivity index (χ0v) is 12.3. The molecule has 0 amide bonds. The first-order valence-electron chi connectivity index (χ1n) is 6.23. The Morgan fingerprint density at radius 1 is 0.810 bits per heavy atom. The monoisotopic (exact) mass is 316 g/mol. The fourth-order valence-electron chi connectivity index (χ4n) is 1.87. The highest BCUT2D eigenvalue weighted by atomic mass is 35.5. The minimum absolute atomic E-state index is 0.195. The Bertz CT molecular complexity index is 763. The predicted octanol–water partition coefficient (Wildman–Crippen LogP) is 5.24. The Morgan fingerprint density at radius 3 is 2.29 bits per heavy atom. The first kappa shape index (κ1) is 13.9. The van der Waals surface area contributed by atoms with E-state index in [1.165, 1.54) is 12.4 Å². The molecule has 2 aromatic carbocycles. The zero-order valence-electron chi connectivity index (χ0n) is 10.8. The molecule has 3 nitrogen and oxygen atoms in total. The molecule has 1 heterocycles. The van der Waals surface area contributed by atoms with Crippen LogP contribution in [0.2, 0.25) is 10.2 Å². The van der Waals surface area contributed by atoms with Crippen molar-refractivity contribution in [3.8, 4) is 22.8 Å². The molecule has 0 aliphatic heterocycles. The summed E-state index contributed by atoms with van der Waals surface area (Å²) in [5.74, 6) is 0.715. The van der Waals surface area contributed by atoms with E-state index in [9.17, 15) is 0 Å². The Kier molecular flexibility index (Phi) is 4.04. The van der Waals surface area contributed by atoms with Crippen molar-refractivity contribution in [3.05, 3.63) is 71.1 Å². The number of nitrogens with zero attached hydrogens (tertiary/aromatic N) is 2. The summed E-state index contributed by atoms with van der Waals surface area (Å²) < 4.78 is 5.59. The number of halogens is 2. The molecule has 3 aromatic rings. The maximum absolute atomic E-state index is 6.27. The van der Waals surface area contributed by atoms with Crippen LogP contribution >= 0.6 is 23.2 Å². The van der Waals surface area contributed by atoms with Crippen molar-refractivity contribution in [3.63, 3.8) is 0 Å². The second kappa shape index (κ2) is 6.12. The molecule has 104 valence electrons. The van der Waals surface area contributed by atoms with Crippen LogP contribution in [0.4, 0.5) is 0 Å². The minimum atomic E-state index is 0.195. The van der Waals surface area contributed by atoms with E-state index in [1.807, 2.05) is 42.5 Å². The van der Waals surface area contributed by atoms with Gasteiger partial charge < -0.3 is 4.74 Å². The van der Waals surface area contributed by atoms with Crippen molar-refractivity contribution >= 4 is 23.2 Å². The van der Waals surface area contributed by atoms with Gasteiger partial charge in [-0.15, -0.1) is 0 Å². The lowest BCUT2D eigenvalue weighted by molar-refractivity contribution is 0.461. The van der Waals surface area contributed by atoms with Gasteiger partial charge in [0.05, 0.1) is 5.02 Å². The highest BCUT2D eigenvalue weighted by molar-refractivity contribution is 6.32. The summed E-state index contributed by atoms with van der Waals surface area (Å²) in [6, 6.07) is 15.5. The minimum Gasteiger partial charge on any atom is -0.435 e. The van der Waals surface area contributed by atoms with Gasteiger partial charge in [0, 0.05) is 12.4 Å². The third-order valence-electron chi connectivity index (χ3n) is 2.87. The maximum Gasteiger partial charge on any atom is 0.257 e. The molecule has 0 N–H and O–H groups in total. The van der Waals surface area contributed by atoms with E-state index < -0.39 is 0 Å². The Labute approximate surface area is 132 Å². The van der Waals surface area contributed by atoms with Gasteiger partial charge in [-0.2, -0.15) is 0 Å². The quantitative estimate of drug-likeness (QED) is 0.662. The van der Waals surface area contributed by atoms with Gasteiger partial charge in [-0.05, 0) is 23.3 Å². The molecule has 0 saturated heterocycles. The number of ether oxygens (including phenoxy) is 1. The molecule has 3 rings (SSSR count). The standard InChI is InChI=1S/C16H10Cl2N2O/c17-13-10-12(11-4-2-1-3-5-11)6-7-14(13)21-16-15(18)19-8-9-20-16/h1-10H. The molecule has 0 unspecified atom stereocenters. The van der Waals surface area contributed by atoms with Gasteiger partial charge in [-0.25, -0.2) is 9.97 Å². The van der Waals surface area contributed by atoms with Gasteiger partial charge in [-0.1, -0.05) is 59.6 Å². The fraction of sp³-hybridized carbons (Fsp3) is 0. The average Bonchev–Trinajstić information content (AvgIpc) is 2.52. The fourth-order valence-corrected chi connectivity index (χ4v) is 2.24. The largest absolute Gasteiger partial charge is 0.435 e. The summed E-state index contributed by atoms with van der Waals surface area (Å²) >= 11 is 12.2. The molecule has 0 aliphatic rings. The summed E-state index contributed by atoms with van der Waals surface area (Å²) in [6.45, 7) is 0. The van der Waals surface area contributed by atoms with Crippen molar-refractivity contribution in [2.45, 2.75) is 0 Å². The van der Waals surface area contributed by atoms with Crippen LogP contribution in [0.3, 0.4) is 0 Å². The van der Waals surface area contributed by atoms with Gasteiger partial charge in [0.25, 0.3) is 5.88 Å². The first-order valence-corrected chi connectivity index (χ1v) is 6.99. The smallest absolute Gasteiger partial charge is 0.257 e. The van der Waals surface area contributed by atoms with Gasteiger partial charge >= 0.3 is 0 Å². The highest BCUT2D eigenvalue weighted by Gasteiger charge is 2.09. The lowest BCUT2D eigenvalue weighted by Crippen LogP contribution is -1.91. The number of rotatable bonds is 3. The van der Waals surface area contributed by atoms with E-state index >= 15 is 0 Å². The van der Waals surface area contributed by atoms with Gasteiger partial charge in [0.15, 0.2) is 5.15 Å². The summed E-state index contributed by atoms with van der Waals surface area (Å²) in [6.07, 6.45) is 3.00. The molecule has 0 fully saturated rings. The summed E-state index contributed by atoms with van der Waals surface area (Å²) in [5.41, 5.74) is 2.10. The molecule has 0 atom stereocenters. The summed E-state index contributed by atoms with van der Waals surface area (Å²) in [7, 11) is 0. The molecule has 0 bridgehead atoms. The molecular weight excluding hydrogens is 307 g/mol. The molecule has 21 heavy (non-hydrogen) atoms. The molecule has 0 saturated carbocycles. The van der Waals surface area contributed by atoms with E-state index in [4.69, 9.17) is 27.9 Å². The van der Waals surface area contributed by atoms with Crippen molar-refractivity contribution in [2.75, 3.05) is 0 Å². The molecular formula is C16H10Cl2N2O. The van der Waals surface area contributed by atoms with E-state index in [0.717, 1.165) is 11.1 Å². The molecule has 0 spiro atoms. The zero-order chi connectivity index (χ0) is 14.7. The van der Waals surface area contributed by atoms with Crippen molar-refractivity contribution in [1.29, 1.82) is 0 Å². The van der Waals surface area contributed by atoms with E-state index in [-0.39, 0.29) is 11.0 Å². The second-order valence-electron chi connectivity index (χ2n) is 4.27. The molecule has 1 aromatic heterocycles. The van der Waals surface area contributed by atoms with Crippen molar-refractivity contribution < 1.29 is 4.74 Å². The second-order valence-corrected chi connectivity index (χ2v) is 5.03. The van der Waals surface area contributed by atoms with Crippen molar-refractivity contribution in [1.82, 2.24) is 9.97 Å². The van der Waals surface area contributed by atoms with Crippen LogP contribution in [-0.4, -0.2) is 9.97 Å². The van der Waals surface area contributed by atoms with Crippen LogP contribution in [0.25, 0.3) is 11.1 Å². The van der Waals surface area contributed by atoms with Gasteiger partial charge in [-0.3, -0.25) is 0 Å². The number of hydrogen-bond donors (Lipinski definition) is 0. The van der Waals surface area contributed by atoms with Crippen LogP contribution in [-0.2, 0) is 0 Å². The molecule has 0 radical (unpaired) electrons. The van der Waals surface area contributed by atoms with Crippen LogP contribution in [0.1, 0.15) is 0 Å². The van der Waals surface area contributed by atoms with Gasteiger partial charge in [0.2, 0.25) is 0 Å². The van der Waals surface area contributed by atoms with Crippen LogP contribution in [0.15, 0.2) is 60.9 Å². The first-order chi connectivity index (χ1) is 10.2. The number of aromatic nitrogens is 2.